The van der Waals surface area contributed by atoms with Gasteiger partial charge < -0.3 is 0 Å². The van der Waals surface area contributed by atoms with E-state index in [-0.39, 0.29) is 22.0 Å². The number of rotatable bonds is 3. The molecule has 4 rings (SSSR count). The van der Waals surface area contributed by atoms with E-state index in [1.807, 2.05) is 24.3 Å². The van der Waals surface area contributed by atoms with Crippen molar-refractivity contribution in [2.45, 2.75) is 58.3 Å². The summed E-state index contributed by atoms with van der Waals surface area (Å²) in [5.41, 5.74) is 8.61. The number of carbonyl (C=O) groups is 2. The Hall–Kier alpha value is -2.59. The van der Waals surface area contributed by atoms with Crippen LogP contribution in [0.2, 0.25) is 0 Å². The van der Waals surface area contributed by atoms with Crippen molar-refractivity contribution in [2.24, 2.45) is 0 Å². The van der Waals surface area contributed by atoms with Crippen molar-refractivity contribution in [1.82, 2.24) is 5.32 Å². The number of carbonyl (C=O) groups excluding carboxylic acids is 2. The van der Waals surface area contributed by atoms with Crippen molar-refractivity contribution >= 4 is 34.6 Å². The van der Waals surface area contributed by atoms with E-state index < -0.39 is 0 Å². The van der Waals surface area contributed by atoms with Crippen LogP contribution in [0.25, 0.3) is 11.6 Å². The van der Waals surface area contributed by atoms with Gasteiger partial charge in [0.15, 0.2) is 0 Å². The van der Waals surface area contributed by atoms with Gasteiger partial charge in [0, 0.05) is 0 Å². The van der Waals surface area contributed by atoms with Gasteiger partial charge in [0.2, 0.25) is 0 Å². The van der Waals surface area contributed by atoms with Crippen LogP contribution in [0, 0.1) is 6.92 Å². The van der Waals surface area contributed by atoms with E-state index in [1.54, 1.807) is 6.08 Å². The van der Waals surface area contributed by atoms with Crippen LogP contribution in [0.3, 0.4) is 0 Å². The maximum absolute atomic E-state index is 11.8. The number of hydrogen-bond acceptors (Lipinski definition) is 3. The molecule has 1 aliphatic carbocycles. The maximum atomic E-state index is 11.8. The Balaban J connectivity index is 1.67. The molecule has 0 radical (unpaired) electrons. The van der Waals surface area contributed by atoms with Crippen LogP contribution in [0.5, 0.6) is 0 Å². The molecule has 0 unspecified atom stereocenters. The first-order valence-corrected chi connectivity index (χ1v) is 11.5. The van der Waals surface area contributed by atoms with Crippen LogP contribution in [-0.2, 0) is 15.6 Å². The number of amides is 2. The van der Waals surface area contributed by atoms with Crippen molar-refractivity contribution in [1.29, 1.82) is 0 Å². The van der Waals surface area contributed by atoms with Gasteiger partial charge in [-0.1, -0.05) is 70.7 Å². The fraction of sp³-hybridized carbons (Fsp3) is 0.333. The molecule has 160 valence electrons. The number of benzene rings is 2. The molecule has 0 atom stereocenters. The third-order valence-corrected chi connectivity index (χ3v) is 7.53. The number of hydrogen-bond donors (Lipinski definition) is 1. The minimum absolute atomic E-state index is 0.153. The Labute approximate surface area is 189 Å². The van der Waals surface area contributed by atoms with E-state index in [2.05, 4.69) is 58.6 Å². The smallest absolute Gasteiger partial charge is 0.282 e. The van der Waals surface area contributed by atoms with E-state index >= 15 is 0 Å². The van der Waals surface area contributed by atoms with Gasteiger partial charge in [0.05, 0.1) is 4.91 Å². The second-order valence-electron chi connectivity index (χ2n) is 9.93. The first kappa shape index (κ1) is 21.6. The Morgan fingerprint density at radius 2 is 1.58 bits per heavy atom. The summed E-state index contributed by atoms with van der Waals surface area (Å²) < 4.78 is 0. The van der Waals surface area contributed by atoms with Crippen LogP contribution in [0.15, 0.2) is 47.9 Å². The highest BCUT2D eigenvalue weighted by atomic mass is 32.2. The lowest BCUT2D eigenvalue weighted by atomic mass is 9.62. The predicted octanol–water partition coefficient (Wildman–Crippen LogP) is 6.73. The largest absolute Gasteiger partial charge is 0.290 e. The highest BCUT2D eigenvalue weighted by Gasteiger charge is 2.37. The minimum Gasteiger partial charge on any atom is -0.282 e. The molecule has 2 amide bonds. The fourth-order valence-electron chi connectivity index (χ4n) is 4.56. The average Bonchev–Trinajstić information content (AvgIpc) is 3.02. The molecule has 31 heavy (non-hydrogen) atoms. The van der Waals surface area contributed by atoms with Crippen molar-refractivity contribution in [3.63, 3.8) is 0 Å². The van der Waals surface area contributed by atoms with Crippen LogP contribution < -0.4 is 5.32 Å². The molecule has 1 fully saturated rings. The Kier molecular flexibility index (Phi) is 5.25. The molecule has 0 bridgehead atoms. The zero-order chi connectivity index (χ0) is 22.6. The zero-order valence-electron chi connectivity index (χ0n) is 18.9. The molecule has 0 aromatic heterocycles. The van der Waals surface area contributed by atoms with E-state index in [1.165, 1.54) is 35.1 Å². The van der Waals surface area contributed by atoms with Crippen molar-refractivity contribution in [3.8, 4) is 0 Å². The van der Waals surface area contributed by atoms with Crippen LogP contribution in [0.1, 0.15) is 73.9 Å². The first-order valence-electron chi connectivity index (χ1n) is 10.7. The van der Waals surface area contributed by atoms with Crippen LogP contribution in [0.4, 0.5) is 4.79 Å². The second-order valence-corrected chi connectivity index (χ2v) is 10.9. The molecule has 1 N–H and O–H groups in total. The maximum Gasteiger partial charge on any atom is 0.290 e. The van der Waals surface area contributed by atoms with Crippen LogP contribution in [-0.4, -0.2) is 11.1 Å². The molecule has 0 saturated carbocycles. The van der Waals surface area contributed by atoms with Gasteiger partial charge in [-0.25, -0.2) is 0 Å². The summed E-state index contributed by atoms with van der Waals surface area (Å²) in [5.74, 6) is -0.335. The monoisotopic (exact) mass is 431 g/mol. The molecule has 1 saturated heterocycles. The van der Waals surface area contributed by atoms with Gasteiger partial charge in [-0.2, -0.15) is 0 Å². The molecule has 1 aliphatic heterocycles. The number of thioether (sulfide) groups is 1. The summed E-state index contributed by atoms with van der Waals surface area (Å²) in [5, 5.41) is 1.96. The highest BCUT2D eigenvalue weighted by Crippen LogP contribution is 2.47. The zero-order valence-corrected chi connectivity index (χ0v) is 19.7. The molecule has 3 nitrogen and oxygen atoms in total. The van der Waals surface area contributed by atoms with Crippen molar-refractivity contribution in [3.05, 3.63) is 81.3 Å². The summed E-state index contributed by atoms with van der Waals surface area (Å²) in [4.78, 5) is 23.5. The summed E-state index contributed by atoms with van der Waals surface area (Å²) >= 11 is 0.934. The SMILES string of the molecule is C=C(c1ccc(/C=C2\SC(=O)NC2=O)cc1)c1cc2c(cc1C)C(C)(C)CCC2(C)C. The van der Waals surface area contributed by atoms with Gasteiger partial charge in [-0.3, -0.25) is 14.9 Å². The summed E-state index contributed by atoms with van der Waals surface area (Å²) in [6.45, 7) is 16.0. The third kappa shape index (κ3) is 4.01. The second kappa shape index (κ2) is 7.52. The topological polar surface area (TPSA) is 46.2 Å². The van der Waals surface area contributed by atoms with Gasteiger partial charge in [0.25, 0.3) is 11.1 Å². The lowest BCUT2D eigenvalue weighted by molar-refractivity contribution is -0.115. The quantitative estimate of drug-likeness (QED) is 0.548. The molecular weight excluding hydrogens is 402 g/mol. The molecule has 4 heteroatoms. The lowest BCUT2D eigenvalue weighted by Crippen LogP contribution is -2.34. The minimum atomic E-state index is -0.335. The summed E-state index contributed by atoms with van der Waals surface area (Å²) in [6.07, 6.45) is 4.12. The van der Waals surface area contributed by atoms with Gasteiger partial charge in [0.1, 0.15) is 0 Å². The number of aryl methyl sites for hydroxylation is 1. The Morgan fingerprint density at radius 3 is 2.13 bits per heavy atom. The molecule has 2 aromatic carbocycles. The van der Waals surface area contributed by atoms with Crippen LogP contribution >= 0.6 is 11.8 Å². The molecule has 2 aromatic rings. The predicted molar refractivity (Wildman–Crippen MR) is 130 cm³/mol. The molecule has 0 spiro atoms. The van der Waals surface area contributed by atoms with E-state index in [9.17, 15) is 9.59 Å². The number of imide groups is 1. The summed E-state index contributed by atoms with van der Waals surface area (Å²) in [7, 11) is 0. The van der Waals surface area contributed by atoms with E-state index in [4.69, 9.17) is 0 Å². The molecular formula is C27H29NO2S. The standard InChI is InChI=1S/C27H29NO2S/c1-16-13-21-22(27(5,6)12-11-26(21,3)4)15-20(16)17(2)19-9-7-18(8-10-19)14-23-24(29)28-25(30)31-23/h7-10,13-15H,2,11-12H2,1,3-6H3,(H,28,29,30)/b23-14-. The van der Waals surface area contributed by atoms with Crippen molar-refractivity contribution < 1.29 is 9.59 Å². The first-order chi connectivity index (χ1) is 14.5. The fourth-order valence-corrected chi connectivity index (χ4v) is 5.24. The van der Waals surface area contributed by atoms with Crippen molar-refractivity contribution in [2.75, 3.05) is 0 Å². The third-order valence-electron chi connectivity index (χ3n) is 6.72. The average molecular weight is 432 g/mol. The Bertz CT molecular complexity index is 1140. The van der Waals surface area contributed by atoms with Gasteiger partial charge in [-0.05, 0) is 87.4 Å². The molecule has 2 aliphatic rings. The van der Waals surface area contributed by atoms with E-state index in [0.29, 0.717) is 4.91 Å². The normalized spacial score (nSPS) is 20.5. The number of fused-ring (bicyclic) bond motifs is 1. The van der Waals surface area contributed by atoms with Gasteiger partial charge in [-0.15, -0.1) is 0 Å². The summed E-state index contributed by atoms with van der Waals surface area (Å²) in [6, 6.07) is 12.7. The Morgan fingerprint density at radius 1 is 1.00 bits per heavy atom. The number of nitrogens with one attached hydrogen (secondary N) is 1. The van der Waals surface area contributed by atoms with Gasteiger partial charge >= 0.3 is 0 Å². The molecule has 1 heterocycles. The highest BCUT2D eigenvalue weighted by molar-refractivity contribution is 8.18. The lowest BCUT2D eigenvalue weighted by Gasteiger charge is -2.42. The van der Waals surface area contributed by atoms with E-state index in [0.717, 1.165) is 28.5 Å².